The smallest absolute Gasteiger partial charge is 0.185 e. The third kappa shape index (κ3) is 2.48. The van der Waals surface area contributed by atoms with Crippen molar-refractivity contribution < 1.29 is 4.74 Å². The van der Waals surface area contributed by atoms with E-state index in [1.54, 1.807) is 11.3 Å². The van der Waals surface area contributed by atoms with Crippen molar-refractivity contribution in [3.8, 4) is 0 Å². The largest absolute Gasteiger partial charge is 0.372 e. The van der Waals surface area contributed by atoms with E-state index in [-0.39, 0.29) is 5.60 Å². The zero-order valence-corrected chi connectivity index (χ0v) is 10.0. The Hall–Kier alpha value is -0.650. The van der Waals surface area contributed by atoms with Crippen LogP contribution < -0.4 is 10.6 Å². The SMILES string of the molecule is CC1(C)CN(c2nc(CN)cs2)CCO1. The van der Waals surface area contributed by atoms with E-state index in [0.29, 0.717) is 6.54 Å². The number of nitrogens with zero attached hydrogens (tertiary/aromatic N) is 2. The van der Waals surface area contributed by atoms with Crippen molar-refractivity contribution in [2.45, 2.75) is 26.0 Å². The van der Waals surface area contributed by atoms with Crippen molar-refractivity contribution in [1.82, 2.24) is 4.98 Å². The highest BCUT2D eigenvalue weighted by Crippen LogP contribution is 2.25. The second kappa shape index (κ2) is 4.08. The van der Waals surface area contributed by atoms with Gasteiger partial charge in [0.15, 0.2) is 5.13 Å². The standard InChI is InChI=1S/C10H17N3OS/c1-10(2)7-13(3-4-14-10)9-12-8(5-11)6-15-9/h6H,3-5,7,11H2,1-2H3. The van der Waals surface area contributed by atoms with Crippen molar-refractivity contribution in [3.05, 3.63) is 11.1 Å². The van der Waals surface area contributed by atoms with E-state index in [1.165, 1.54) is 0 Å². The maximum atomic E-state index is 5.66. The molecule has 1 aliphatic rings. The summed E-state index contributed by atoms with van der Waals surface area (Å²) in [6, 6.07) is 0. The fraction of sp³-hybridized carbons (Fsp3) is 0.700. The predicted octanol–water partition coefficient (Wildman–Crippen LogP) is 1.22. The van der Waals surface area contributed by atoms with Crippen LogP contribution in [0.15, 0.2) is 5.38 Å². The summed E-state index contributed by atoms with van der Waals surface area (Å²) in [5.41, 5.74) is 6.44. The number of aromatic nitrogens is 1. The molecule has 1 fully saturated rings. The average Bonchev–Trinajstić information content (AvgIpc) is 2.64. The summed E-state index contributed by atoms with van der Waals surface area (Å²) in [5.74, 6) is 0. The Bertz CT molecular complexity index is 337. The number of hydrogen-bond acceptors (Lipinski definition) is 5. The fourth-order valence-corrected chi connectivity index (χ4v) is 2.58. The molecule has 1 aliphatic heterocycles. The molecular formula is C10H17N3OS. The van der Waals surface area contributed by atoms with Crippen LogP contribution in [0.25, 0.3) is 0 Å². The number of rotatable bonds is 2. The van der Waals surface area contributed by atoms with Gasteiger partial charge < -0.3 is 15.4 Å². The maximum Gasteiger partial charge on any atom is 0.185 e. The third-order valence-corrected chi connectivity index (χ3v) is 3.40. The molecule has 0 saturated carbocycles. The first-order chi connectivity index (χ1) is 7.11. The molecule has 0 atom stereocenters. The highest BCUT2D eigenvalue weighted by Gasteiger charge is 2.28. The maximum absolute atomic E-state index is 5.66. The van der Waals surface area contributed by atoms with E-state index in [4.69, 9.17) is 10.5 Å². The first-order valence-electron chi connectivity index (χ1n) is 5.14. The lowest BCUT2D eigenvalue weighted by Gasteiger charge is -2.37. The lowest BCUT2D eigenvalue weighted by Crippen LogP contribution is -2.48. The van der Waals surface area contributed by atoms with Crippen LogP contribution in [0.4, 0.5) is 5.13 Å². The molecule has 2 heterocycles. The lowest BCUT2D eigenvalue weighted by atomic mass is 10.1. The molecule has 0 bridgehead atoms. The number of morpholine rings is 1. The molecule has 2 N–H and O–H groups in total. The Balaban J connectivity index is 2.10. The summed E-state index contributed by atoms with van der Waals surface area (Å²) < 4.78 is 5.66. The van der Waals surface area contributed by atoms with Gasteiger partial charge in [-0.1, -0.05) is 0 Å². The summed E-state index contributed by atoms with van der Waals surface area (Å²) in [6.45, 7) is 7.31. The summed E-state index contributed by atoms with van der Waals surface area (Å²) in [6.07, 6.45) is 0. The van der Waals surface area contributed by atoms with Crippen LogP contribution in [-0.2, 0) is 11.3 Å². The van der Waals surface area contributed by atoms with Gasteiger partial charge in [-0.05, 0) is 13.8 Å². The normalized spacial score (nSPS) is 20.6. The van der Waals surface area contributed by atoms with E-state index >= 15 is 0 Å². The van der Waals surface area contributed by atoms with Crippen LogP contribution in [0, 0.1) is 0 Å². The first-order valence-corrected chi connectivity index (χ1v) is 6.02. The van der Waals surface area contributed by atoms with Crippen molar-refractivity contribution in [2.75, 3.05) is 24.6 Å². The van der Waals surface area contributed by atoms with Crippen LogP contribution in [0.5, 0.6) is 0 Å². The summed E-state index contributed by atoms with van der Waals surface area (Å²) >= 11 is 1.66. The molecule has 5 heteroatoms. The van der Waals surface area contributed by atoms with Gasteiger partial charge in [-0.25, -0.2) is 4.98 Å². The fourth-order valence-electron chi connectivity index (χ4n) is 1.72. The van der Waals surface area contributed by atoms with Gasteiger partial charge in [-0.2, -0.15) is 0 Å². The van der Waals surface area contributed by atoms with Gasteiger partial charge in [-0.3, -0.25) is 0 Å². The molecule has 0 aromatic carbocycles. The molecule has 0 aliphatic carbocycles. The van der Waals surface area contributed by atoms with Crippen molar-refractivity contribution in [3.63, 3.8) is 0 Å². The highest BCUT2D eigenvalue weighted by atomic mass is 32.1. The molecule has 0 spiro atoms. The number of thiazole rings is 1. The van der Waals surface area contributed by atoms with Crippen molar-refractivity contribution in [1.29, 1.82) is 0 Å². The number of ether oxygens (including phenoxy) is 1. The van der Waals surface area contributed by atoms with E-state index in [1.807, 2.05) is 5.38 Å². The van der Waals surface area contributed by atoms with Crippen molar-refractivity contribution in [2.24, 2.45) is 5.73 Å². The Labute approximate surface area is 94.1 Å². The minimum Gasteiger partial charge on any atom is -0.372 e. The van der Waals surface area contributed by atoms with E-state index in [9.17, 15) is 0 Å². The molecule has 2 rings (SSSR count). The van der Waals surface area contributed by atoms with Gasteiger partial charge in [0.1, 0.15) is 0 Å². The Morgan fingerprint density at radius 3 is 3.07 bits per heavy atom. The average molecular weight is 227 g/mol. The molecule has 0 amide bonds. The van der Waals surface area contributed by atoms with Crippen LogP contribution in [-0.4, -0.2) is 30.3 Å². The van der Waals surface area contributed by atoms with E-state index in [0.717, 1.165) is 30.5 Å². The second-order valence-electron chi connectivity index (χ2n) is 4.36. The molecule has 1 aromatic heterocycles. The van der Waals surface area contributed by atoms with Crippen molar-refractivity contribution >= 4 is 16.5 Å². The lowest BCUT2D eigenvalue weighted by molar-refractivity contribution is -0.0277. The van der Waals surface area contributed by atoms with Gasteiger partial charge in [0, 0.05) is 25.0 Å². The summed E-state index contributed by atoms with van der Waals surface area (Å²) in [4.78, 5) is 6.75. The molecule has 1 saturated heterocycles. The van der Waals surface area contributed by atoms with E-state index in [2.05, 4.69) is 23.7 Å². The molecule has 4 nitrogen and oxygen atoms in total. The Morgan fingerprint density at radius 2 is 2.47 bits per heavy atom. The van der Waals surface area contributed by atoms with Crippen LogP contribution in [0.3, 0.4) is 0 Å². The zero-order chi connectivity index (χ0) is 10.9. The van der Waals surface area contributed by atoms with Gasteiger partial charge >= 0.3 is 0 Å². The zero-order valence-electron chi connectivity index (χ0n) is 9.19. The minimum absolute atomic E-state index is 0.0766. The summed E-state index contributed by atoms with van der Waals surface area (Å²) in [5, 5.41) is 3.09. The first kappa shape index (κ1) is 10.9. The van der Waals surface area contributed by atoms with E-state index < -0.39 is 0 Å². The number of anilines is 1. The second-order valence-corrected chi connectivity index (χ2v) is 5.19. The molecule has 84 valence electrons. The molecular weight excluding hydrogens is 210 g/mol. The molecule has 0 radical (unpaired) electrons. The van der Waals surface area contributed by atoms with Crippen LogP contribution in [0.1, 0.15) is 19.5 Å². The summed E-state index contributed by atoms with van der Waals surface area (Å²) in [7, 11) is 0. The quantitative estimate of drug-likeness (QED) is 0.825. The Morgan fingerprint density at radius 1 is 1.67 bits per heavy atom. The molecule has 1 aromatic rings. The number of nitrogens with two attached hydrogens (primary N) is 1. The third-order valence-electron chi connectivity index (χ3n) is 2.44. The Kier molecular flexibility index (Phi) is 2.95. The highest BCUT2D eigenvalue weighted by molar-refractivity contribution is 7.13. The van der Waals surface area contributed by atoms with Gasteiger partial charge in [-0.15, -0.1) is 11.3 Å². The molecule has 0 unspecified atom stereocenters. The van der Waals surface area contributed by atoms with Gasteiger partial charge in [0.25, 0.3) is 0 Å². The minimum atomic E-state index is -0.0766. The number of hydrogen-bond donors (Lipinski definition) is 1. The van der Waals surface area contributed by atoms with Crippen LogP contribution in [0.2, 0.25) is 0 Å². The molecule has 15 heavy (non-hydrogen) atoms. The van der Waals surface area contributed by atoms with Gasteiger partial charge in [0.2, 0.25) is 0 Å². The predicted molar refractivity (Wildman–Crippen MR) is 62.2 cm³/mol. The monoisotopic (exact) mass is 227 g/mol. The van der Waals surface area contributed by atoms with Gasteiger partial charge in [0.05, 0.1) is 17.9 Å². The topological polar surface area (TPSA) is 51.4 Å². The van der Waals surface area contributed by atoms with Crippen LogP contribution >= 0.6 is 11.3 Å².